The standard InChI is InChI=1S/C10H7N5S2/c11-8-9(16-10-12-5-13-17-10)15-7-4-2-1-3-6(7)14-8/h1-5H,(H2,11,14). The Labute approximate surface area is 105 Å². The monoisotopic (exact) mass is 261 g/mol. The molecule has 0 spiro atoms. The number of benzene rings is 1. The van der Waals surface area contributed by atoms with Crippen LogP contribution in [0.5, 0.6) is 0 Å². The molecule has 1 aromatic carbocycles. The molecule has 0 fully saturated rings. The molecule has 0 unspecified atom stereocenters. The predicted molar refractivity (Wildman–Crippen MR) is 68.0 cm³/mol. The number of anilines is 1. The molecule has 0 aliphatic carbocycles. The minimum Gasteiger partial charge on any atom is -0.381 e. The maximum Gasteiger partial charge on any atom is 0.176 e. The molecule has 17 heavy (non-hydrogen) atoms. The zero-order valence-electron chi connectivity index (χ0n) is 8.57. The van der Waals surface area contributed by atoms with E-state index in [4.69, 9.17) is 5.73 Å². The van der Waals surface area contributed by atoms with Crippen LogP contribution < -0.4 is 5.73 Å². The van der Waals surface area contributed by atoms with Crippen LogP contribution in [0.1, 0.15) is 0 Å². The average Bonchev–Trinajstić information content (AvgIpc) is 2.83. The number of para-hydroxylation sites is 2. The van der Waals surface area contributed by atoms with E-state index in [9.17, 15) is 0 Å². The summed E-state index contributed by atoms with van der Waals surface area (Å²) in [4.78, 5) is 12.9. The largest absolute Gasteiger partial charge is 0.381 e. The van der Waals surface area contributed by atoms with Gasteiger partial charge in [-0.3, -0.25) is 0 Å². The molecule has 84 valence electrons. The van der Waals surface area contributed by atoms with E-state index < -0.39 is 0 Å². The van der Waals surface area contributed by atoms with Crippen LogP contribution >= 0.6 is 23.3 Å². The molecular weight excluding hydrogens is 254 g/mol. The number of fused-ring (bicyclic) bond motifs is 1. The lowest BCUT2D eigenvalue weighted by Gasteiger charge is -2.03. The zero-order valence-corrected chi connectivity index (χ0v) is 10.2. The lowest BCUT2D eigenvalue weighted by atomic mass is 10.3. The van der Waals surface area contributed by atoms with Gasteiger partial charge in [0, 0.05) is 0 Å². The van der Waals surface area contributed by atoms with Gasteiger partial charge < -0.3 is 5.73 Å². The summed E-state index contributed by atoms with van der Waals surface area (Å²) in [5.41, 5.74) is 7.49. The van der Waals surface area contributed by atoms with Crippen LogP contribution in [0.4, 0.5) is 5.82 Å². The van der Waals surface area contributed by atoms with Crippen molar-refractivity contribution in [2.24, 2.45) is 0 Å². The van der Waals surface area contributed by atoms with Gasteiger partial charge in [0.2, 0.25) is 0 Å². The Morgan fingerprint density at radius 3 is 2.59 bits per heavy atom. The normalized spacial score (nSPS) is 10.8. The molecule has 0 saturated heterocycles. The second kappa shape index (κ2) is 4.27. The van der Waals surface area contributed by atoms with Crippen molar-refractivity contribution in [2.45, 2.75) is 9.37 Å². The van der Waals surface area contributed by atoms with E-state index in [-0.39, 0.29) is 0 Å². The number of hydrogen-bond donors (Lipinski definition) is 1. The van der Waals surface area contributed by atoms with E-state index in [1.54, 1.807) is 0 Å². The number of aromatic nitrogens is 4. The van der Waals surface area contributed by atoms with Crippen LogP contribution in [0.3, 0.4) is 0 Å². The van der Waals surface area contributed by atoms with E-state index in [1.165, 1.54) is 29.6 Å². The minimum atomic E-state index is 0.420. The Balaban J connectivity index is 2.07. The average molecular weight is 261 g/mol. The van der Waals surface area contributed by atoms with Crippen LogP contribution in [0, 0.1) is 0 Å². The first-order valence-corrected chi connectivity index (χ1v) is 6.39. The predicted octanol–water partition coefficient (Wildman–Crippen LogP) is 2.21. The number of nitrogen functional groups attached to an aromatic ring is 1. The molecule has 5 nitrogen and oxygen atoms in total. The molecule has 3 rings (SSSR count). The highest BCUT2D eigenvalue weighted by Gasteiger charge is 2.09. The van der Waals surface area contributed by atoms with E-state index in [0.29, 0.717) is 10.8 Å². The third-order valence-corrected chi connectivity index (χ3v) is 3.80. The van der Waals surface area contributed by atoms with E-state index in [2.05, 4.69) is 19.3 Å². The van der Waals surface area contributed by atoms with Gasteiger partial charge in [-0.2, -0.15) is 4.37 Å². The molecule has 0 saturated carbocycles. The topological polar surface area (TPSA) is 77.6 Å². The summed E-state index contributed by atoms with van der Waals surface area (Å²) >= 11 is 2.69. The van der Waals surface area contributed by atoms with Crippen molar-refractivity contribution in [1.29, 1.82) is 0 Å². The van der Waals surface area contributed by atoms with Crippen molar-refractivity contribution in [3.63, 3.8) is 0 Å². The van der Waals surface area contributed by atoms with Gasteiger partial charge in [-0.05, 0) is 35.4 Å². The van der Waals surface area contributed by atoms with Crippen LogP contribution in [0.2, 0.25) is 0 Å². The maximum absolute atomic E-state index is 5.87. The van der Waals surface area contributed by atoms with Gasteiger partial charge >= 0.3 is 0 Å². The molecule has 2 aromatic heterocycles. The molecule has 0 amide bonds. The highest BCUT2D eigenvalue weighted by Crippen LogP contribution is 2.30. The third-order valence-electron chi connectivity index (χ3n) is 2.09. The van der Waals surface area contributed by atoms with E-state index in [0.717, 1.165) is 15.4 Å². The fourth-order valence-corrected chi connectivity index (χ4v) is 2.72. The van der Waals surface area contributed by atoms with Gasteiger partial charge in [-0.15, -0.1) is 0 Å². The summed E-state index contributed by atoms with van der Waals surface area (Å²) in [7, 11) is 0. The van der Waals surface area contributed by atoms with Crippen molar-refractivity contribution < 1.29 is 0 Å². The zero-order chi connectivity index (χ0) is 11.7. The molecule has 0 aliphatic rings. The Bertz CT molecular complexity index is 653. The van der Waals surface area contributed by atoms with Gasteiger partial charge in [0.25, 0.3) is 0 Å². The number of hydrogen-bond acceptors (Lipinski definition) is 7. The molecule has 2 heterocycles. The fourth-order valence-electron chi connectivity index (χ4n) is 1.36. The van der Waals surface area contributed by atoms with Gasteiger partial charge in [0.05, 0.1) is 11.0 Å². The summed E-state index contributed by atoms with van der Waals surface area (Å²) in [6.45, 7) is 0. The van der Waals surface area contributed by atoms with Gasteiger partial charge in [-0.25, -0.2) is 15.0 Å². The first-order valence-electron chi connectivity index (χ1n) is 4.80. The lowest BCUT2D eigenvalue weighted by Crippen LogP contribution is -1.96. The highest BCUT2D eigenvalue weighted by molar-refractivity contribution is 8.01. The molecule has 3 aromatic rings. The summed E-state index contributed by atoms with van der Waals surface area (Å²) in [5, 5.41) is 0.667. The van der Waals surface area contributed by atoms with Crippen molar-refractivity contribution in [1.82, 2.24) is 19.3 Å². The maximum atomic E-state index is 5.87. The van der Waals surface area contributed by atoms with Crippen molar-refractivity contribution >= 4 is 40.1 Å². The van der Waals surface area contributed by atoms with E-state index >= 15 is 0 Å². The van der Waals surface area contributed by atoms with Crippen LogP contribution in [-0.4, -0.2) is 19.3 Å². The molecule has 0 bridgehead atoms. The fraction of sp³-hybridized carbons (Fsp3) is 0. The molecule has 2 N–H and O–H groups in total. The second-order valence-corrected chi connectivity index (χ2v) is 5.23. The Kier molecular flexibility index (Phi) is 2.62. The molecule has 7 heteroatoms. The first kappa shape index (κ1) is 10.4. The van der Waals surface area contributed by atoms with Gasteiger partial charge in [-0.1, -0.05) is 12.1 Å². The SMILES string of the molecule is Nc1nc2ccccc2nc1Sc1ncns1. The quantitative estimate of drug-likeness (QED) is 0.762. The van der Waals surface area contributed by atoms with Crippen molar-refractivity contribution in [3.05, 3.63) is 30.6 Å². The van der Waals surface area contributed by atoms with Crippen molar-refractivity contribution in [2.75, 3.05) is 5.73 Å². The van der Waals surface area contributed by atoms with Gasteiger partial charge in [0.1, 0.15) is 11.4 Å². The van der Waals surface area contributed by atoms with Gasteiger partial charge in [0.15, 0.2) is 10.2 Å². The molecular formula is C10H7N5S2. The van der Waals surface area contributed by atoms with Crippen LogP contribution in [0.15, 0.2) is 40.0 Å². The van der Waals surface area contributed by atoms with Crippen LogP contribution in [0.25, 0.3) is 11.0 Å². The second-order valence-electron chi connectivity index (χ2n) is 3.21. The summed E-state index contributed by atoms with van der Waals surface area (Å²) in [6, 6.07) is 7.63. The number of rotatable bonds is 2. The third kappa shape index (κ3) is 2.06. The lowest BCUT2D eigenvalue weighted by molar-refractivity contribution is 1.12. The van der Waals surface area contributed by atoms with E-state index in [1.807, 2.05) is 24.3 Å². The first-order chi connectivity index (χ1) is 8.33. The Hall–Kier alpha value is -1.73. The minimum absolute atomic E-state index is 0.420. The van der Waals surface area contributed by atoms with Crippen molar-refractivity contribution in [3.8, 4) is 0 Å². The Morgan fingerprint density at radius 1 is 1.12 bits per heavy atom. The molecule has 0 radical (unpaired) electrons. The molecule has 0 atom stereocenters. The smallest absolute Gasteiger partial charge is 0.176 e. The summed E-state index contributed by atoms with van der Waals surface area (Å²) in [6.07, 6.45) is 1.51. The number of nitrogens with zero attached hydrogens (tertiary/aromatic N) is 4. The van der Waals surface area contributed by atoms with Crippen LogP contribution in [-0.2, 0) is 0 Å². The molecule has 0 aliphatic heterocycles. The summed E-state index contributed by atoms with van der Waals surface area (Å²) in [5.74, 6) is 0.420. The summed E-state index contributed by atoms with van der Waals surface area (Å²) < 4.78 is 4.74. The number of nitrogens with two attached hydrogens (primary N) is 1. The highest BCUT2D eigenvalue weighted by atomic mass is 32.2. The Morgan fingerprint density at radius 2 is 1.88 bits per heavy atom.